The molecule has 0 radical (unpaired) electrons. The third-order valence-corrected chi connectivity index (χ3v) is 6.37. The van der Waals surface area contributed by atoms with Crippen molar-refractivity contribution in [3.05, 3.63) is 54.1 Å². The van der Waals surface area contributed by atoms with Crippen LogP contribution in [0, 0.1) is 0 Å². The lowest BCUT2D eigenvalue weighted by atomic mass is 10.0. The Labute approximate surface area is 219 Å². The molecule has 4 amide bonds. The molecular formula is C25H33N7O6. The molecule has 204 valence electrons. The lowest BCUT2D eigenvalue weighted by Crippen LogP contribution is -2.58. The van der Waals surface area contributed by atoms with Crippen molar-refractivity contribution in [3.8, 4) is 0 Å². The Balaban J connectivity index is 1.81. The number of likely N-dealkylation sites (tertiary alicyclic amines) is 1. The Hall–Kier alpha value is -4.26. The molecule has 38 heavy (non-hydrogen) atoms. The number of nitrogens with zero attached hydrogens (tertiary/aromatic N) is 2. The zero-order valence-corrected chi connectivity index (χ0v) is 20.8. The molecule has 0 saturated carbocycles. The summed E-state index contributed by atoms with van der Waals surface area (Å²) in [6.07, 6.45) is 3.85. The van der Waals surface area contributed by atoms with E-state index >= 15 is 0 Å². The monoisotopic (exact) mass is 527 g/mol. The maximum Gasteiger partial charge on any atom is 0.326 e. The largest absolute Gasteiger partial charge is 0.480 e. The summed E-state index contributed by atoms with van der Waals surface area (Å²) in [5.41, 5.74) is 12.3. The van der Waals surface area contributed by atoms with Crippen molar-refractivity contribution < 1.29 is 29.1 Å². The number of hydrogen-bond donors (Lipinski definition) is 6. The SMILES string of the molecule is NC(=O)CC[C@H](N)C(=O)N[C@H](Cc1ccccc1)C(=O)N[C@@H](Cc1cnc[nH]1)C(=O)N1CCC[C@@H]1C(=O)O. The average molecular weight is 528 g/mol. The van der Waals surface area contributed by atoms with Gasteiger partial charge in [-0.3, -0.25) is 19.2 Å². The van der Waals surface area contributed by atoms with Crippen LogP contribution in [0.2, 0.25) is 0 Å². The Kier molecular flexibility index (Phi) is 9.93. The molecule has 2 aromatic rings. The zero-order chi connectivity index (χ0) is 27.7. The van der Waals surface area contributed by atoms with Gasteiger partial charge in [0.1, 0.15) is 18.1 Å². The van der Waals surface area contributed by atoms with Crippen molar-refractivity contribution >= 4 is 29.6 Å². The molecule has 1 aromatic carbocycles. The molecule has 13 nitrogen and oxygen atoms in total. The number of nitrogens with one attached hydrogen (secondary N) is 3. The fraction of sp³-hybridized carbons (Fsp3) is 0.440. The molecule has 0 aliphatic carbocycles. The summed E-state index contributed by atoms with van der Waals surface area (Å²) in [5, 5.41) is 14.9. The van der Waals surface area contributed by atoms with Crippen LogP contribution in [0.1, 0.15) is 36.9 Å². The standard InChI is InChI=1S/C25H33N7O6/c26-17(8-9-21(27)33)22(34)30-18(11-15-5-2-1-3-6-15)23(35)31-19(12-16-13-28-14-29-16)24(36)32-10-4-7-20(32)25(37)38/h1-3,5-6,13-14,17-20H,4,7-12,26H2,(H2,27,33)(H,28,29)(H,30,34)(H,31,35)(H,37,38)/t17-,18+,19-,20+/m0/s1. The highest BCUT2D eigenvalue weighted by Gasteiger charge is 2.38. The van der Waals surface area contributed by atoms with Crippen LogP contribution < -0.4 is 22.1 Å². The smallest absolute Gasteiger partial charge is 0.326 e. The van der Waals surface area contributed by atoms with Gasteiger partial charge in [0.15, 0.2) is 0 Å². The molecule has 8 N–H and O–H groups in total. The first-order chi connectivity index (χ1) is 18.2. The number of carbonyl (C=O) groups is 5. The van der Waals surface area contributed by atoms with E-state index in [0.29, 0.717) is 18.5 Å². The number of primary amides is 1. The predicted molar refractivity (Wildman–Crippen MR) is 135 cm³/mol. The quantitative estimate of drug-likeness (QED) is 0.186. The molecule has 1 aromatic heterocycles. The summed E-state index contributed by atoms with van der Waals surface area (Å²) in [6, 6.07) is 4.69. The van der Waals surface area contributed by atoms with E-state index in [4.69, 9.17) is 11.5 Å². The predicted octanol–water partition coefficient (Wildman–Crippen LogP) is -1.17. The summed E-state index contributed by atoms with van der Waals surface area (Å²) in [5.74, 6) is -3.55. The van der Waals surface area contributed by atoms with E-state index in [1.807, 2.05) is 6.07 Å². The van der Waals surface area contributed by atoms with Crippen LogP contribution >= 0.6 is 0 Å². The van der Waals surface area contributed by atoms with E-state index in [0.717, 1.165) is 5.56 Å². The number of rotatable bonds is 13. The van der Waals surface area contributed by atoms with Crippen LogP contribution in [0.5, 0.6) is 0 Å². The van der Waals surface area contributed by atoms with Crippen molar-refractivity contribution in [2.45, 2.75) is 62.7 Å². The van der Waals surface area contributed by atoms with E-state index in [-0.39, 0.29) is 32.2 Å². The van der Waals surface area contributed by atoms with Gasteiger partial charge in [-0.25, -0.2) is 9.78 Å². The van der Waals surface area contributed by atoms with E-state index < -0.39 is 53.8 Å². The number of nitrogens with two attached hydrogens (primary N) is 2. The Morgan fingerprint density at radius 1 is 1.08 bits per heavy atom. The molecule has 1 saturated heterocycles. The van der Waals surface area contributed by atoms with Crippen LogP contribution in [-0.4, -0.2) is 80.3 Å². The summed E-state index contributed by atoms with van der Waals surface area (Å²) in [7, 11) is 0. The molecule has 1 aliphatic rings. The summed E-state index contributed by atoms with van der Waals surface area (Å²) in [6.45, 7) is 0.254. The highest BCUT2D eigenvalue weighted by Crippen LogP contribution is 2.19. The first-order valence-corrected chi connectivity index (χ1v) is 12.3. The highest BCUT2D eigenvalue weighted by atomic mass is 16.4. The van der Waals surface area contributed by atoms with Gasteiger partial charge >= 0.3 is 5.97 Å². The fourth-order valence-electron chi connectivity index (χ4n) is 4.34. The second-order valence-corrected chi connectivity index (χ2v) is 9.23. The van der Waals surface area contributed by atoms with Gasteiger partial charge in [-0.15, -0.1) is 0 Å². The first kappa shape index (κ1) is 28.3. The van der Waals surface area contributed by atoms with Crippen LogP contribution in [0.25, 0.3) is 0 Å². The molecule has 4 atom stereocenters. The normalized spacial score (nSPS) is 17.3. The van der Waals surface area contributed by atoms with Crippen molar-refractivity contribution in [2.24, 2.45) is 11.5 Å². The number of aliphatic carboxylic acids is 1. The molecule has 0 unspecified atom stereocenters. The Bertz CT molecular complexity index is 1120. The van der Waals surface area contributed by atoms with Gasteiger partial charge < -0.3 is 37.1 Å². The fourth-order valence-corrected chi connectivity index (χ4v) is 4.34. The topological polar surface area (TPSA) is 214 Å². The minimum Gasteiger partial charge on any atom is -0.480 e. The summed E-state index contributed by atoms with van der Waals surface area (Å²) < 4.78 is 0. The second kappa shape index (κ2) is 13.3. The molecule has 3 rings (SSSR count). The zero-order valence-electron chi connectivity index (χ0n) is 20.8. The van der Waals surface area contributed by atoms with Crippen LogP contribution in [0.4, 0.5) is 0 Å². The van der Waals surface area contributed by atoms with Crippen molar-refractivity contribution in [2.75, 3.05) is 6.54 Å². The van der Waals surface area contributed by atoms with Gasteiger partial charge in [0.2, 0.25) is 23.6 Å². The number of carboxylic acids is 1. The summed E-state index contributed by atoms with van der Waals surface area (Å²) >= 11 is 0. The average Bonchev–Trinajstić information content (AvgIpc) is 3.59. The molecule has 13 heteroatoms. The molecule has 0 bridgehead atoms. The lowest BCUT2D eigenvalue weighted by molar-refractivity contribution is -0.149. The van der Waals surface area contributed by atoms with Crippen LogP contribution in [0.15, 0.2) is 42.9 Å². The van der Waals surface area contributed by atoms with E-state index in [1.165, 1.54) is 17.4 Å². The first-order valence-electron chi connectivity index (χ1n) is 12.3. The van der Waals surface area contributed by atoms with Crippen molar-refractivity contribution in [1.82, 2.24) is 25.5 Å². The van der Waals surface area contributed by atoms with Crippen LogP contribution in [-0.2, 0) is 36.8 Å². The van der Waals surface area contributed by atoms with Gasteiger partial charge in [-0.1, -0.05) is 30.3 Å². The van der Waals surface area contributed by atoms with Gasteiger partial charge in [-0.05, 0) is 24.8 Å². The lowest BCUT2D eigenvalue weighted by Gasteiger charge is -2.29. The minimum absolute atomic E-state index is 0.00726. The Morgan fingerprint density at radius 3 is 2.42 bits per heavy atom. The number of carboxylic acid groups (broad SMARTS) is 1. The highest BCUT2D eigenvalue weighted by molar-refractivity contribution is 5.94. The summed E-state index contributed by atoms with van der Waals surface area (Å²) in [4.78, 5) is 70.5. The third-order valence-electron chi connectivity index (χ3n) is 6.37. The molecule has 1 aliphatic heterocycles. The maximum absolute atomic E-state index is 13.5. The van der Waals surface area contributed by atoms with Gasteiger partial charge in [0, 0.05) is 37.7 Å². The van der Waals surface area contributed by atoms with Crippen LogP contribution in [0.3, 0.4) is 0 Å². The van der Waals surface area contributed by atoms with Crippen molar-refractivity contribution in [1.29, 1.82) is 0 Å². The number of carbonyl (C=O) groups excluding carboxylic acids is 4. The number of aromatic amines is 1. The van der Waals surface area contributed by atoms with E-state index in [2.05, 4.69) is 20.6 Å². The number of amides is 4. The number of hydrogen-bond acceptors (Lipinski definition) is 7. The number of H-pyrrole nitrogens is 1. The van der Waals surface area contributed by atoms with E-state index in [9.17, 15) is 29.1 Å². The number of benzene rings is 1. The van der Waals surface area contributed by atoms with Gasteiger partial charge in [0.25, 0.3) is 0 Å². The molecular weight excluding hydrogens is 494 g/mol. The molecule has 1 fully saturated rings. The minimum atomic E-state index is -1.11. The molecule has 0 spiro atoms. The van der Waals surface area contributed by atoms with E-state index in [1.54, 1.807) is 24.3 Å². The number of aromatic nitrogens is 2. The maximum atomic E-state index is 13.5. The second-order valence-electron chi connectivity index (χ2n) is 9.23. The number of imidazole rings is 1. The Morgan fingerprint density at radius 2 is 1.79 bits per heavy atom. The molecule has 2 heterocycles. The third kappa shape index (κ3) is 7.87. The van der Waals surface area contributed by atoms with Gasteiger partial charge in [-0.2, -0.15) is 0 Å². The van der Waals surface area contributed by atoms with Crippen molar-refractivity contribution in [3.63, 3.8) is 0 Å². The van der Waals surface area contributed by atoms with Gasteiger partial charge in [0.05, 0.1) is 12.4 Å².